The van der Waals surface area contributed by atoms with E-state index in [0.717, 1.165) is 6.04 Å². The Morgan fingerprint density at radius 2 is 1.39 bits per heavy atom. The number of rotatable bonds is 3. The third-order valence-corrected chi connectivity index (χ3v) is 2.90. The summed E-state index contributed by atoms with van der Waals surface area (Å²) in [6, 6.07) is 0.916. The zero-order valence-corrected chi connectivity index (χ0v) is 12.9. The first-order valence-corrected chi connectivity index (χ1v) is 6.96. The lowest BCUT2D eigenvalue weighted by Crippen LogP contribution is -2.36. The van der Waals surface area contributed by atoms with E-state index in [4.69, 9.17) is 9.90 Å². The molecule has 0 saturated heterocycles. The van der Waals surface area contributed by atoms with E-state index >= 15 is 0 Å². The highest BCUT2D eigenvalue weighted by atomic mass is 16.3. The Labute approximate surface area is 113 Å². The molecular formula is C14H32N2O2. The van der Waals surface area contributed by atoms with Crippen molar-refractivity contribution in [2.45, 2.75) is 52.0 Å². The van der Waals surface area contributed by atoms with Gasteiger partial charge < -0.3 is 14.9 Å². The van der Waals surface area contributed by atoms with E-state index in [1.54, 1.807) is 0 Å². The van der Waals surface area contributed by atoms with Gasteiger partial charge in [-0.25, -0.2) is 0 Å². The van der Waals surface area contributed by atoms with Gasteiger partial charge in [0.15, 0.2) is 0 Å². The maximum Gasteiger partial charge on any atom is 0.290 e. The molecule has 1 aliphatic carbocycles. The summed E-state index contributed by atoms with van der Waals surface area (Å²) in [6.07, 6.45) is 7.28. The molecule has 1 fully saturated rings. The Kier molecular flexibility index (Phi) is 15.8. The first kappa shape index (κ1) is 19.7. The summed E-state index contributed by atoms with van der Waals surface area (Å²) in [4.78, 5) is 13.0. The normalized spacial score (nSPS) is 15.5. The predicted molar refractivity (Wildman–Crippen MR) is 78.1 cm³/mol. The summed E-state index contributed by atoms with van der Waals surface area (Å²) in [7, 11) is 6.00. The van der Waals surface area contributed by atoms with Crippen LogP contribution in [0.2, 0.25) is 0 Å². The van der Waals surface area contributed by atoms with Crippen LogP contribution in [-0.4, -0.2) is 61.7 Å². The molecule has 1 saturated carbocycles. The van der Waals surface area contributed by atoms with Gasteiger partial charge >= 0.3 is 0 Å². The number of nitrogens with zero attached hydrogens (tertiary/aromatic N) is 2. The van der Waals surface area contributed by atoms with Gasteiger partial charge in [-0.2, -0.15) is 0 Å². The zero-order valence-electron chi connectivity index (χ0n) is 12.9. The van der Waals surface area contributed by atoms with Crippen molar-refractivity contribution in [2.24, 2.45) is 0 Å². The third kappa shape index (κ3) is 13.5. The Bertz CT molecular complexity index is 162. The summed E-state index contributed by atoms with van der Waals surface area (Å²) in [5.41, 5.74) is 0. The molecule has 0 bridgehead atoms. The molecule has 0 amide bonds. The highest BCUT2D eigenvalue weighted by Gasteiger charge is 2.17. The molecule has 0 aliphatic heterocycles. The lowest BCUT2D eigenvalue weighted by atomic mass is 9.94. The van der Waals surface area contributed by atoms with Crippen molar-refractivity contribution < 1.29 is 9.90 Å². The molecule has 0 atom stereocenters. The minimum atomic E-state index is -0.250. The molecule has 4 nitrogen and oxygen atoms in total. The lowest BCUT2D eigenvalue weighted by molar-refractivity contribution is -0.122. The van der Waals surface area contributed by atoms with Crippen LogP contribution in [0.5, 0.6) is 0 Å². The number of hydrogen-bond acceptors (Lipinski definition) is 3. The van der Waals surface area contributed by atoms with E-state index in [2.05, 4.69) is 18.7 Å². The van der Waals surface area contributed by atoms with Crippen molar-refractivity contribution in [1.82, 2.24) is 9.80 Å². The Hall–Kier alpha value is -0.610. The fourth-order valence-electron chi connectivity index (χ4n) is 2.19. The summed E-state index contributed by atoms with van der Waals surface area (Å²) in [5, 5.41) is 6.89. The molecule has 0 spiro atoms. The van der Waals surface area contributed by atoms with Gasteiger partial charge in [-0.3, -0.25) is 4.79 Å². The predicted octanol–water partition coefficient (Wildman–Crippen LogP) is 2.54. The summed E-state index contributed by atoms with van der Waals surface area (Å²) in [5.74, 6) is 0. The largest absolute Gasteiger partial charge is 0.483 e. The first-order valence-electron chi connectivity index (χ1n) is 6.96. The second kappa shape index (κ2) is 14.5. The van der Waals surface area contributed by atoms with Crippen LogP contribution in [0.25, 0.3) is 0 Å². The van der Waals surface area contributed by atoms with Gasteiger partial charge in [-0.1, -0.05) is 33.1 Å². The quantitative estimate of drug-likeness (QED) is 0.792. The van der Waals surface area contributed by atoms with E-state index in [9.17, 15) is 0 Å². The van der Waals surface area contributed by atoms with Crippen LogP contribution in [0.3, 0.4) is 0 Å². The topological polar surface area (TPSA) is 43.8 Å². The molecule has 1 N–H and O–H groups in total. The van der Waals surface area contributed by atoms with Crippen LogP contribution in [-0.2, 0) is 4.79 Å². The third-order valence-electron chi connectivity index (χ3n) is 2.90. The molecule has 4 heteroatoms. The molecule has 0 aromatic heterocycles. The highest BCUT2D eigenvalue weighted by molar-refractivity contribution is 5.32. The minimum Gasteiger partial charge on any atom is -0.483 e. The molecule has 0 aromatic rings. The highest BCUT2D eigenvalue weighted by Crippen LogP contribution is 2.21. The Morgan fingerprint density at radius 1 is 1.06 bits per heavy atom. The number of carboxylic acid groups (broad SMARTS) is 1. The second-order valence-corrected chi connectivity index (χ2v) is 4.96. The Morgan fingerprint density at radius 3 is 1.67 bits per heavy atom. The summed E-state index contributed by atoms with van der Waals surface area (Å²) in [6.45, 7) is 6.78. The van der Waals surface area contributed by atoms with Crippen LogP contribution in [0, 0.1) is 0 Å². The zero-order chi connectivity index (χ0) is 14.4. The van der Waals surface area contributed by atoms with Crippen molar-refractivity contribution in [2.75, 3.05) is 34.2 Å². The van der Waals surface area contributed by atoms with Gasteiger partial charge in [-0.15, -0.1) is 0 Å². The van der Waals surface area contributed by atoms with Crippen LogP contribution >= 0.6 is 0 Å². The standard InChI is InChI=1S/C10H21N.C3H9N.CH2O2/c1-3-11(4-2)10-8-6-5-7-9-10;1-4(2)3;2-1-3/h10H,3-9H2,1-2H3;1-3H3;1H,(H,2,3). The summed E-state index contributed by atoms with van der Waals surface area (Å²) >= 11 is 0. The average molecular weight is 260 g/mol. The van der Waals surface area contributed by atoms with Crippen LogP contribution < -0.4 is 0 Å². The maximum atomic E-state index is 8.36. The van der Waals surface area contributed by atoms with Crippen molar-refractivity contribution >= 4 is 6.47 Å². The molecule has 0 aromatic carbocycles. The fourth-order valence-corrected chi connectivity index (χ4v) is 2.19. The van der Waals surface area contributed by atoms with E-state index in [0.29, 0.717) is 0 Å². The molecule has 0 radical (unpaired) electrons. The lowest BCUT2D eigenvalue weighted by Gasteiger charge is -2.32. The van der Waals surface area contributed by atoms with E-state index in [1.165, 1.54) is 45.2 Å². The minimum absolute atomic E-state index is 0.250. The molecule has 18 heavy (non-hydrogen) atoms. The van der Waals surface area contributed by atoms with Gasteiger partial charge in [0.1, 0.15) is 0 Å². The maximum absolute atomic E-state index is 8.36. The van der Waals surface area contributed by atoms with E-state index in [-0.39, 0.29) is 6.47 Å². The van der Waals surface area contributed by atoms with Gasteiger partial charge in [0.05, 0.1) is 0 Å². The van der Waals surface area contributed by atoms with Gasteiger partial charge in [0.25, 0.3) is 6.47 Å². The second-order valence-electron chi connectivity index (χ2n) is 4.96. The smallest absolute Gasteiger partial charge is 0.290 e. The SMILES string of the molecule is CCN(CC)C1CCCCC1.CN(C)C.O=CO. The Balaban J connectivity index is 0. The molecule has 1 rings (SSSR count). The van der Waals surface area contributed by atoms with Crippen LogP contribution in [0.1, 0.15) is 46.0 Å². The molecule has 0 heterocycles. The number of carbonyl (C=O) groups is 1. The molecule has 0 unspecified atom stereocenters. The molecular weight excluding hydrogens is 228 g/mol. The fraction of sp³-hybridized carbons (Fsp3) is 0.929. The van der Waals surface area contributed by atoms with Crippen molar-refractivity contribution in [3.63, 3.8) is 0 Å². The average Bonchev–Trinajstić information content (AvgIpc) is 2.32. The van der Waals surface area contributed by atoms with Crippen molar-refractivity contribution in [1.29, 1.82) is 0 Å². The van der Waals surface area contributed by atoms with Crippen LogP contribution in [0.4, 0.5) is 0 Å². The van der Waals surface area contributed by atoms with Crippen LogP contribution in [0.15, 0.2) is 0 Å². The van der Waals surface area contributed by atoms with E-state index in [1.807, 2.05) is 26.0 Å². The summed E-state index contributed by atoms with van der Waals surface area (Å²) < 4.78 is 0. The van der Waals surface area contributed by atoms with Gasteiger partial charge in [0.2, 0.25) is 0 Å². The first-order chi connectivity index (χ1) is 8.53. The van der Waals surface area contributed by atoms with Crippen molar-refractivity contribution in [3.8, 4) is 0 Å². The van der Waals surface area contributed by atoms with Gasteiger partial charge in [-0.05, 0) is 47.1 Å². The molecule has 110 valence electrons. The monoisotopic (exact) mass is 260 g/mol. The van der Waals surface area contributed by atoms with Gasteiger partial charge in [0, 0.05) is 6.04 Å². The van der Waals surface area contributed by atoms with Crippen molar-refractivity contribution in [3.05, 3.63) is 0 Å². The number of hydrogen-bond donors (Lipinski definition) is 1. The molecule has 1 aliphatic rings. The van der Waals surface area contributed by atoms with E-state index < -0.39 is 0 Å².